The van der Waals surface area contributed by atoms with E-state index in [2.05, 4.69) is 26.8 Å². The summed E-state index contributed by atoms with van der Waals surface area (Å²) in [4.78, 5) is 27.6. The molecule has 4 heteroatoms. The largest absolute Gasteiger partial charge is 0.448 e. The molecule has 1 fully saturated rings. The van der Waals surface area contributed by atoms with Gasteiger partial charge in [0.05, 0.1) is 6.42 Å². The topological polar surface area (TPSA) is 43.4 Å². The Labute approximate surface area is 187 Å². The molecular weight excluding hydrogens is 404 g/mol. The van der Waals surface area contributed by atoms with E-state index in [1.807, 2.05) is 72.8 Å². The van der Waals surface area contributed by atoms with Crippen molar-refractivity contribution in [2.75, 3.05) is 0 Å². The fraction of sp³-hybridized carbons (Fsp3) is 0.259. The van der Waals surface area contributed by atoms with Crippen LogP contribution < -0.4 is 0 Å². The van der Waals surface area contributed by atoms with Crippen LogP contribution >= 0.6 is 11.8 Å². The molecule has 158 valence electrons. The van der Waals surface area contributed by atoms with Gasteiger partial charge in [-0.3, -0.25) is 9.59 Å². The van der Waals surface area contributed by atoms with E-state index in [0.717, 1.165) is 27.1 Å². The second-order valence-electron chi connectivity index (χ2n) is 8.32. The highest BCUT2D eigenvalue weighted by atomic mass is 32.2. The summed E-state index contributed by atoms with van der Waals surface area (Å²) in [6.45, 7) is 6.29. The van der Waals surface area contributed by atoms with Crippen LogP contribution in [0.2, 0.25) is 0 Å². The molecule has 0 spiro atoms. The Hall–Kier alpha value is -2.85. The minimum atomic E-state index is -1.10. The van der Waals surface area contributed by atoms with Gasteiger partial charge in [0.15, 0.2) is 16.6 Å². The molecule has 4 rings (SSSR count). The summed E-state index contributed by atoms with van der Waals surface area (Å²) in [7, 11) is 0. The van der Waals surface area contributed by atoms with Gasteiger partial charge in [-0.05, 0) is 24.5 Å². The molecule has 0 aromatic heterocycles. The summed E-state index contributed by atoms with van der Waals surface area (Å²) in [6, 6.07) is 25.3. The maximum Gasteiger partial charge on any atom is 0.328 e. The zero-order valence-electron chi connectivity index (χ0n) is 18.0. The minimum Gasteiger partial charge on any atom is -0.448 e. The van der Waals surface area contributed by atoms with E-state index in [9.17, 15) is 9.59 Å². The van der Waals surface area contributed by atoms with Crippen LogP contribution in [0.5, 0.6) is 0 Å². The number of hydrogen-bond donors (Lipinski definition) is 0. The van der Waals surface area contributed by atoms with Crippen LogP contribution in [0.4, 0.5) is 0 Å². The highest BCUT2D eigenvalue weighted by Crippen LogP contribution is 2.44. The van der Waals surface area contributed by atoms with Crippen molar-refractivity contribution in [3.05, 3.63) is 101 Å². The third-order valence-electron chi connectivity index (χ3n) is 5.72. The van der Waals surface area contributed by atoms with E-state index < -0.39 is 16.8 Å². The molecule has 3 nitrogen and oxygen atoms in total. The van der Waals surface area contributed by atoms with Gasteiger partial charge in [-0.25, -0.2) is 0 Å². The number of cyclic esters (lactones) is 1. The smallest absolute Gasteiger partial charge is 0.328 e. The van der Waals surface area contributed by atoms with Gasteiger partial charge in [0.25, 0.3) is 0 Å². The molecule has 0 aliphatic carbocycles. The number of benzene rings is 3. The summed E-state index contributed by atoms with van der Waals surface area (Å²) in [5.74, 6) is -0.293. The Morgan fingerprint density at radius 3 is 2.00 bits per heavy atom. The molecule has 1 atom stereocenters. The number of Topliss-reactive ketones (excluding diaryl/α,β-unsaturated/α-hetero) is 1. The number of carbonyl (C=O) groups is 2. The molecule has 1 saturated heterocycles. The Kier molecular flexibility index (Phi) is 6.01. The number of carbonyl (C=O) groups excluding carboxylic acids is 2. The maximum atomic E-state index is 13.4. The molecule has 3 aromatic rings. The van der Waals surface area contributed by atoms with Crippen molar-refractivity contribution in [2.45, 2.75) is 48.9 Å². The molecule has 0 saturated carbocycles. The van der Waals surface area contributed by atoms with Crippen LogP contribution in [-0.4, -0.2) is 17.0 Å². The van der Waals surface area contributed by atoms with E-state index in [0.29, 0.717) is 5.92 Å². The number of aryl methyl sites for hydroxylation is 1. The van der Waals surface area contributed by atoms with Gasteiger partial charge in [-0.1, -0.05) is 92.2 Å². The summed E-state index contributed by atoms with van der Waals surface area (Å²) in [5.41, 5.74) is 2.84. The molecule has 1 aliphatic rings. The number of thioether (sulfide) groups is 1. The first kappa shape index (κ1) is 21.4. The van der Waals surface area contributed by atoms with Gasteiger partial charge in [0.2, 0.25) is 0 Å². The summed E-state index contributed by atoms with van der Waals surface area (Å²) >= 11 is 1.31. The molecule has 1 unspecified atom stereocenters. The second kappa shape index (κ2) is 8.72. The highest BCUT2D eigenvalue weighted by molar-refractivity contribution is 8.01. The second-order valence-corrected chi connectivity index (χ2v) is 9.46. The average Bonchev–Trinajstić information content (AvgIpc) is 2.78. The van der Waals surface area contributed by atoms with E-state index in [1.54, 1.807) is 0 Å². The van der Waals surface area contributed by atoms with Crippen molar-refractivity contribution >= 4 is 23.5 Å². The standard InChI is InChI=1S/C27H26O3S/c1-18(2)22-16-19(3)14-15-24(22)31-25-23(28)17-27(30-26(25)29,20-10-6-4-7-11-20)21-12-8-5-9-13-21/h4-16,18,25H,17H2,1-3H3. The third-order valence-corrected chi connectivity index (χ3v) is 7.03. The fourth-order valence-corrected chi connectivity index (χ4v) is 5.29. The lowest BCUT2D eigenvalue weighted by atomic mass is 9.80. The Balaban J connectivity index is 1.70. The van der Waals surface area contributed by atoms with Crippen molar-refractivity contribution in [3.8, 4) is 0 Å². The molecule has 0 N–H and O–H groups in total. The van der Waals surface area contributed by atoms with Gasteiger partial charge < -0.3 is 4.74 Å². The van der Waals surface area contributed by atoms with E-state index >= 15 is 0 Å². The quantitative estimate of drug-likeness (QED) is 0.366. The lowest BCUT2D eigenvalue weighted by Crippen LogP contribution is -2.48. The molecule has 31 heavy (non-hydrogen) atoms. The SMILES string of the molecule is Cc1ccc(SC2C(=O)CC(c3ccccc3)(c3ccccc3)OC2=O)c(C(C)C)c1. The zero-order chi connectivity index (χ0) is 22.0. The molecule has 0 bridgehead atoms. The van der Waals surface area contributed by atoms with Gasteiger partial charge in [0, 0.05) is 16.0 Å². The van der Waals surface area contributed by atoms with Crippen molar-refractivity contribution in [2.24, 2.45) is 0 Å². The monoisotopic (exact) mass is 430 g/mol. The lowest BCUT2D eigenvalue weighted by Gasteiger charge is -2.39. The molecule has 3 aromatic carbocycles. The fourth-order valence-electron chi connectivity index (χ4n) is 4.10. The van der Waals surface area contributed by atoms with Crippen LogP contribution in [0, 0.1) is 6.92 Å². The first-order valence-corrected chi connectivity index (χ1v) is 11.4. The van der Waals surface area contributed by atoms with E-state index in [-0.39, 0.29) is 12.2 Å². The normalized spacial score (nSPS) is 18.1. The van der Waals surface area contributed by atoms with E-state index in [1.165, 1.54) is 11.8 Å². The highest BCUT2D eigenvalue weighted by Gasteiger charge is 2.49. The molecular formula is C27H26O3S. The van der Waals surface area contributed by atoms with Gasteiger partial charge in [0.1, 0.15) is 0 Å². The van der Waals surface area contributed by atoms with Crippen LogP contribution in [0.15, 0.2) is 83.8 Å². The Morgan fingerprint density at radius 1 is 0.903 bits per heavy atom. The van der Waals surface area contributed by atoms with Crippen molar-refractivity contribution in [3.63, 3.8) is 0 Å². The van der Waals surface area contributed by atoms with Gasteiger partial charge >= 0.3 is 5.97 Å². The summed E-state index contributed by atoms with van der Waals surface area (Å²) < 4.78 is 6.14. The van der Waals surface area contributed by atoms with Crippen LogP contribution in [0.25, 0.3) is 0 Å². The summed E-state index contributed by atoms with van der Waals surface area (Å²) in [6.07, 6.45) is 0.118. The van der Waals surface area contributed by atoms with E-state index in [4.69, 9.17) is 4.74 Å². The van der Waals surface area contributed by atoms with Crippen LogP contribution in [-0.2, 0) is 19.9 Å². The van der Waals surface area contributed by atoms with Crippen molar-refractivity contribution in [1.29, 1.82) is 0 Å². The van der Waals surface area contributed by atoms with Crippen molar-refractivity contribution in [1.82, 2.24) is 0 Å². The van der Waals surface area contributed by atoms with Gasteiger partial charge in [-0.2, -0.15) is 0 Å². The maximum absolute atomic E-state index is 13.4. The Bertz CT molecular complexity index is 1030. The molecule has 1 heterocycles. The van der Waals surface area contributed by atoms with Crippen LogP contribution in [0.1, 0.15) is 48.4 Å². The molecule has 0 amide bonds. The average molecular weight is 431 g/mol. The minimum absolute atomic E-state index is 0.107. The third kappa shape index (κ3) is 4.17. The number of ketones is 1. The number of hydrogen-bond acceptors (Lipinski definition) is 4. The number of ether oxygens (including phenoxy) is 1. The molecule has 0 radical (unpaired) electrons. The summed E-state index contributed by atoms with van der Waals surface area (Å²) in [5, 5.41) is -0.860. The predicted molar refractivity (Wildman–Crippen MR) is 124 cm³/mol. The van der Waals surface area contributed by atoms with Crippen molar-refractivity contribution < 1.29 is 14.3 Å². The molecule has 1 aliphatic heterocycles. The van der Waals surface area contributed by atoms with Crippen LogP contribution in [0.3, 0.4) is 0 Å². The van der Waals surface area contributed by atoms with Gasteiger partial charge in [-0.15, -0.1) is 11.8 Å². The number of rotatable bonds is 5. The lowest BCUT2D eigenvalue weighted by molar-refractivity contribution is -0.165. The first-order chi connectivity index (χ1) is 14.9. The first-order valence-electron chi connectivity index (χ1n) is 10.5. The number of esters is 1. The Morgan fingerprint density at radius 2 is 1.48 bits per heavy atom. The predicted octanol–water partition coefficient (Wildman–Crippen LogP) is 6.04. The zero-order valence-corrected chi connectivity index (χ0v) is 18.8.